The van der Waals surface area contributed by atoms with Gasteiger partial charge in [0.1, 0.15) is 5.82 Å². The van der Waals surface area contributed by atoms with Crippen LogP contribution in [0.1, 0.15) is 31.7 Å². The molecule has 0 saturated carbocycles. The molecule has 0 aliphatic carbocycles. The number of piperazine rings is 1. The van der Waals surface area contributed by atoms with E-state index in [4.69, 9.17) is 0 Å². The maximum atomic E-state index is 4.50. The second-order valence-corrected chi connectivity index (χ2v) is 4.55. The van der Waals surface area contributed by atoms with E-state index in [0.29, 0.717) is 0 Å². The molecule has 3 nitrogen and oxygen atoms in total. The Morgan fingerprint density at radius 2 is 2.17 bits per heavy atom. The van der Waals surface area contributed by atoms with Gasteiger partial charge in [0.2, 0.25) is 0 Å². The van der Waals surface area contributed by atoms with Gasteiger partial charge in [-0.2, -0.15) is 0 Å². The molecule has 0 amide bonds. The van der Waals surface area contributed by atoms with Crippen LogP contribution in [0.4, 0.5) is 5.82 Å². The number of hydrogen-bond acceptors (Lipinski definition) is 3. The van der Waals surface area contributed by atoms with Crippen molar-refractivity contribution < 1.29 is 0 Å². The highest BCUT2D eigenvalue weighted by atomic mass is 15.2. The van der Waals surface area contributed by atoms with Crippen molar-refractivity contribution in [3.05, 3.63) is 23.9 Å². The van der Waals surface area contributed by atoms with Gasteiger partial charge in [0.25, 0.3) is 0 Å². The van der Waals surface area contributed by atoms with Crippen molar-refractivity contribution in [3.63, 3.8) is 0 Å². The minimum absolute atomic E-state index is 0.982. The molecule has 1 aliphatic rings. The Balaban J connectivity index is 1.93. The van der Waals surface area contributed by atoms with Crippen molar-refractivity contribution in [2.45, 2.75) is 26.2 Å². The molecule has 96 valence electrons. The van der Waals surface area contributed by atoms with Gasteiger partial charge in [0, 0.05) is 44.4 Å². The van der Waals surface area contributed by atoms with E-state index in [-0.39, 0.29) is 0 Å². The molecule has 0 spiro atoms. The van der Waals surface area contributed by atoms with E-state index in [1.165, 1.54) is 12.8 Å². The van der Waals surface area contributed by atoms with Crippen LogP contribution in [0.3, 0.4) is 0 Å². The first-order valence-corrected chi connectivity index (χ1v) is 6.80. The van der Waals surface area contributed by atoms with Crippen molar-refractivity contribution in [1.82, 2.24) is 10.3 Å². The summed E-state index contributed by atoms with van der Waals surface area (Å²) >= 11 is 0. The standard InChI is InChI=1S/C15H21N3/c1-2-3-4-5-6-14-7-8-15(17-13-14)18-11-9-16-10-12-18/h7-8,13,16H,2-4,9-12H2,1H3. The summed E-state index contributed by atoms with van der Waals surface area (Å²) in [6.45, 7) is 6.34. The maximum absolute atomic E-state index is 4.50. The van der Waals surface area contributed by atoms with Crippen molar-refractivity contribution >= 4 is 5.82 Å². The fourth-order valence-electron chi connectivity index (χ4n) is 1.97. The number of anilines is 1. The number of nitrogens with zero attached hydrogens (tertiary/aromatic N) is 2. The lowest BCUT2D eigenvalue weighted by atomic mass is 10.2. The van der Waals surface area contributed by atoms with Gasteiger partial charge in [-0.25, -0.2) is 4.98 Å². The van der Waals surface area contributed by atoms with E-state index in [1.54, 1.807) is 0 Å². The molecule has 0 unspecified atom stereocenters. The summed E-state index contributed by atoms with van der Waals surface area (Å²) in [7, 11) is 0. The Kier molecular flexibility index (Phi) is 5.04. The third kappa shape index (κ3) is 3.75. The lowest BCUT2D eigenvalue weighted by molar-refractivity contribution is 0.585. The number of pyridine rings is 1. The van der Waals surface area contributed by atoms with Crippen LogP contribution in [0.2, 0.25) is 0 Å². The van der Waals surface area contributed by atoms with Gasteiger partial charge < -0.3 is 10.2 Å². The van der Waals surface area contributed by atoms with Gasteiger partial charge >= 0.3 is 0 Å². The second-order valence-electron chi connectivity index (χ2n) is 4.55. The quantitative estimate of drug-likeness (QED) is 0.650. The fraction of sp³-hybridized carbons (Fsp3) is 0.533. The lowest BCUT2D eigenvalue weighted by Crippen LogP contribution is -2.43. The Morgan fingerprint density at radius 1 is 1.33 bits per heavy atom. The minimum atomic E-state index is 0.982. The Labute approximate surface area is 110 Å². The Hall–Kier alpha value is -1.53. The molecule has 1 aromatic rings. The van der Waals surface area contributed by atoms with Crippen molar-refractivity contribution in [1.29, 1.82) is 0 Å². The van der Waals surface area contributed by atoms with Crippen LogP contribution in [0.25, 0.3) is 0 Å². The van der Waals surface area contributed by atoms with E-state index >= 15 is 0 Å². The molecule has 2 heterocycles. The highest BCUT2D eigenvalue weighted by Gasteiger charge is 2.10. The number of aromatic nitrogens is 1. The molecule has 0 atom stereocenters. The zero-order valence-corrected chi connectivity index (χ0v) is 11.1. The van der Waals surface area contributed by atoms with Crippen molar-refractivity contribution in [2.75, 3.05) is 31.1 Å². The van der Waals surface area contributed by atoms with Crippen LogP contribution in [-0.4, -0.2) is 31.2 Å². The topological polar surface area (TPSA) is 28.2 Å². The summed E-state index contributed by atoms with van der Waals surface area (Å²) in [5.41, 5.74) is 1.02. The van der Waals surface area contributed by atoms with E-state index in [9.17, 15) is 0 Å². The van der Waals surface area contributed by atoms with E-state index in [2.05, 4.69) is 46.1 Å². The number of hydrogen-bond donors (Lipinski definition) is 1. The van der Waals surface area contributed by atoms with Gasteiger partial charge in [0.05, 0.1) is 0 Å². The summed E-state index contributed by atoms with van der Waals surface area (Å²) in [4.78, 5) is 6.81. The average molecular weight is 243 g/mol. The van der Waals surface area contributed by atoms with Gasteiger partial charge in [-0.05, 0) is 18.6 Å². The smallest absolute Gasteiger partial charge is 0.128 e. The van der Waals surface area contributed by atoms with Crippen LogP contribution in [0.5, 0.6) is 0 Å². The minimum Gasteiger partial charge on any atom is -0.354 e. The molecule has 0 aromatic carbocycles. The van der Waals surface area contributed by atoms with Gasteiger partial charge in [-0.3, -0.25) is 0 Å². The molecule has 1 aliphatic heterocycles. The van der Waals surface area contributed by atoms with Crippen LogP contribution >= 0.6 is 0 Å². The maximum Gasteiger partial charge on any atom is 0.128 e. The van der Waals surface area contributed by atoms with E-state index < -0.39 is 0 Å². The molecule has 1 aromatic heterocycles. The van der Waals surface area contributed by atoms with Gasteiger partial charge in [0.15, 0.2) is 0 Å². The molecular weight excluding hydrogens is 222 g/mol. The van der Waals surface area contributed by atoms with Crippen molar-refractivity contribution in [2.24, 2.45) is 0 Å². The summed E-state index contributed by atoms with van der Waals surface area (Å²) in [5, 5.41) is 3.34. The monoisotopic (exact) mass is 243 g/mol. The van der Waals surface area contributed by atoms with Crippen LogP contribution in [0.15, 0.2) is 18.3 Å². The van der Waals surface area contributed by atoms with E-state index in [0.717, 1.165) is 44.0 Å². The SMILES string of the molecule is CCCCC#Cc1ccc(N2CCNCC2)nc1. The molecule has 1 N–H and O–H groups in total. The molecule has 0 bridgehead atoms. The Bertz CT molecular complexity index is 408. The second kappa shape index (κ2) is 7.03. The highest BCUT2D eigenvalue weighted by Crippen LogP contribution is 2.11. The summed E-state index contributed by atoms with van der Waals surface area (Å²) in [6.07, 6.45) is 5.25. The van der Waals surface area contributed by atoms with Crippen molar-refractivity contribution in [3.8, 4) is 11.8 Å². The zero-order valence-electron chi connectivity index (χ0n) is 11.1. The third-order valence-electron chi connectivity index (χ3n) is 3.08. The first-order chi connectivity index (χ1) is 8.90. The lowest BCUT2D eigenvalue weighted by Gasteiger charge is -2.28. The molecular formula is C15H21N3. The highest BCUT2D eigenvalue weighted by molar-refractivity contribution is 5.43. The predicted octanol–water partition coefficient (Wildman–Crippen LogP) is 2.03. The van der Waals surface area contributed by atoms with Crippen LogP contribution in [-0.2, 0) is 0 Å². The summed E-state index contributed by atoms with van der Waals surface area (Å²) in [6, 6.07) is 4.15. The molecule has 1 saturated heterocycles. The van der Waals surface area contributed by atoms with Crippen LogP contribution < -0.4 is 10.2 Å². The largest absolute Gasteiger partial charge is 0.354 e. The Morgan fingerprint density at radius 3 is 2.83 bits per heavy atom. The van der Waals surface area contributed by atoms with Crippen LogP contribution in [0, 0.1) is 11.8 Å². The fourth-order valence-corrected chi connectivity index (χ4v) is 1.97. The summed E-state index contributed by atoms with van der Waals surface area (Å²) in [5.74, 6) is 7.42. The molecule has 2 rings (SSSR count). The van der Waals surface area contributed by atoms with E-state index in [1.807, 2.05) is 6.20 Å². The predicted molar refractivity (Wildman–Crippen MR) is 75.7 cm³/mol. The first-order valence-electron chi connectivity index (χ1n) is 6.80. The molecule has 0 radical (unpaired) electrons. The molecule has 18 heavy (non-hydrogen) atoms. The average Bonchev–Trinajstić information content (AvgIpc) is 2.45. The molecule has 1 fully saturated rings. The molecule has 3 heteroatoms. The van der Waals surface area contributed by atoms with Gasteiger partial charge in [-0.1, -0.05) is 25.2 Å². The first kappa shape index (κ1) is 12.9. The summed E-state index contributed by atoms with van der Waals surface area (Å²) < 4.78 is 0. The zero-order chi connectivity index (χ0) is 12.6. The number of unbranched alkanes of at least 4 members (excludes halogenated alkanes) is 2. The van der Waals surface area contributed by atoms with Gasteiger partial charge in [-0.15, -0.1) is 0 Å². The normalized spacial score (nSPS) is 15.1. The third-order valence-corrected chi connectivity index (χ3v) is 3.08. The number of rotatable bonds is 3. The number of nitrogens with one attached hydrogen (secondary N) is 1.